The van der Waals surface area contributed by atoms with Crippen molar-refractivity contribution >= 4 is 27.7 Å². The van der Waals surface area contributed by atoms with Crippen molar-refractivity contribution in [1.29, 1.82) is 0 Å². The summed E-state index contributed by atoms with van der Waals surface area (Å²) in [6.45, 7) is 0. The van der Waals surface area contributed by atoms with E-state index in [4.69, 9.17) is 0 Å². The van der Waals surface area contributed by atoms with E-state index in [-0.39, 0.29) is 5.56 Å². The molecule has 0 aliphatic carbocycles. The summed E-state index contributed by atoms with van der Waals surface area (Å²) >= 11 is 0. The molecular weight excluding hydrogens is 372 g/mol. The first-order chi connectivity index (χ1) is 14.1. The number of rotatable bonds is 3. The van der Waals surface area contributed by atoms with Crippen LogP contribution in [0.1, 0.15) is 15.9 Å². The van der Waals surface area contributed by atoms with Gasteiger partial charge in [0, 0.05) is 40.5 Å². The monoisotopic (exact) mass is 385 g/mol. The molecule has 0 bridgehead atoms. The first kappa shape index (κ1) is 17.2. The van der Waals surface area contributed by atoms with Gasteiger partial charge in [0.15, 0.2) is 0 Å². The van der Waals surface area contributed by atoms with Crippen LogP contribution in [-0.4, -0.2) is 20.7 Å². The zero-order valence-corrected chi connectivity index (χ0v) is 15.0. The van der Waals surface area contributed by atoms with Crippen LogP contribution in [0.15, 0.2) is 73.2 Å². The molecule has 0 saturated carbocycles. The molecule has 0 amide bonds. The molecule has 0 fully saturated rings. The van der Waals surface area contributed by atoms with Gasteiger partial charge in [-0.2, -0.15) is 0 Å². The summed E-state index contributed by atoms with van der Waals surface area (Å²) in [7, 11) is 0. The second kappa shape index (κ2) is 6.60. The first-order valence-corrected chi connectivity index (χ1v) is 8.93. The molecule has 6 heteroatoms. The minimum Gasteiger partial charge on any atom is -0.345 e. The Labute approximate surface area is 163 Å². The Kier molecular flexibility index (Phi) is 3.91. The highest BCUT2D eigenvalue weighted by Crippen LogP contribution is 2.28. The van der Waals surface area contributed by atoms with Gasteiger partial charge >= 0.3 is 0 Å². The SMILES string of the molecule is O=C(c1c(F)cccc1F)c1c[nH]c2ncc(-c3ccc4ncccc4c3)cc12. The molecule has 29 heavy (non-hydrogen) atoms. The summed E-state index contributed by atoms with van der Waals surface area (Å²) in [4.78, 5) is 24.4. The zero-order chi connectivity index (χ0) is 20.0. The average Bonchev–Trinajstić information content (AvgIpc) is 3.16. The van der Waals surface area contributed by atoms with Crippen molar-refractivity contribution in [3.63, 3.8) is 0 Å². The van der Waals surface area contributed by atoms with Crippen molar-refractivity contribution < 1.29 is 13.6 Å². The fourth-order valence-electron chi connectivity index (χ4n) is 3.45. The van der Waals surface area contributed by atoms with Crippen molar-refractivity contribution in [2.75, 3.05) is 0 Å². The molecule has 140 valence electrons. The number of nitrogens with zero attached hydrogens (tertiary/aromatic N) is 2. The number of aromatic amines is 1. The predicted molar refractivity (Wildman–Crippen MR) is 107 cm³/mol. The van der Waals surface area contributed by atoms with Gasteiger partial charge in [0.2, 0.25) is 5.78 Å². The van der Waals surface area contributed by atoms with Crippen molar-refractivity contribution in [2.45, 2.75) is 0 Å². The standard InChI is InChI=1S/C23H13F2N3O/c24-18-4-1-5-19(25)21(18)22(29)17-12-28-23-16(17)10-15(11-27-23)13-6-7-20-14(9-13)3-2-8-26-20/h1-12H,(H,27,28). The summed E-state index contributed by atoms with van der Waals surface area (Å²) in [5.41, 5.74) is 2.62. The van der Waals surface area contributed by atoms with Gasteiger partial charge in [-0.25, -0.2) is 13.8 Å². The molecule has 5 aromatic rings. The number of carbonyl (C=O) groups excluding carboxylic acids is 1. The van der Waals surface area contributed by atoms with Crippen LogP contribution < -0.4 is 0 Å². The van der Waals surface area contributed by atoms with E-state index in [2.05, 4.69) is 15.0 Å². The molecular formula is C23H13F2N3O. The van der Waals surface area contributed by atoms with E-state index in [9.17, 15) is 13.6 Å². The largest absolute Gasteiger partial charge is 0.345 e. The normalized spacial score (nSPS) is 11.2. The third-order valence-corrected chi connectivity index (χ3v) is 4.90. The smallest absolute Gasteiger partial charge is 0.201 e. The van der Waals surface area contributed by atoms with E-state index < -0.39 is 23.0 Å². The van der Waals surface area contributed by atoms with E-state index in [1.54, 1.807) is 18.5 Å². The lowest BCUT2D eigenvalue weighted by molar-refractivity contribution is 0.103. The maximum Gasteiger partial charge on any atom is 0.201 e. The van der Waals surface area contributed by atoms with Crippen LogP contribution >= 0.6 is 0 Å². The maximum absolute atomic E-state index is 14.1. The summed E-state index contributed by atoms with van der Waals surface area (Å²) in [6, 6.07) is 14.8. The van der Waals surface area contributed by atoms with Crippen LogP contribution in [0.2, 0.25) is 0 Å². The van der Waals surface area contributed by atoms with Crippen LogP contribution in [0.5, 0.6) is 0 Å². The van der Waals surface area contributed by atoms with Gasteiger partial charge in [0.05, 0.1) is 11.1 Å². The molecule has 2 aromatic carbocycles. The molecule has 0 aliphatic heterocycles. The number of benzene rings is 2. The van der Waals surface area contributed by atoms with E-state index in [1.165, 1.54) is 12.3 Å². The van der Waals surface area contributed by atoms with Crippen LogP contribution in [0.3, 0.4) is 0 Å². The molecule has 0 saturated heterocycles. The van der Waals surface area contributed by atoms with Crippen molar-refractivity contribution in [2.24, 2.45) is 0 Å². The number of halogens is 2. The highest BCUT2D eigenvalue weighted by Gasteiger charge is 2.22. The Morgan fingerprint density at radius 2 is 1.72 bits per heavy atom. The third-order valence-electron chi connectivity index (χ3n) is 4.90. The number of hydrogen-bond acceptors (Lipinski definition) is 3. The zero-order valence-electron chi connectivity index (χ0n) is 15.0. The number of H-pyrrole nitrogens is 1. The molecule has 0 radical (unpaired) electrons. The van der Waals surface area contributed by atoms with E-state index in [0.717, 1.165) is 34.2 Å². The lowest BCUT2D eigenvalue weighted by Gasteiger charge is -2.06. The summed E-state index contributed by atoms with van der Waals surface area (Å²) < 4.78 is 28.2. The van der Waals surface area contributed by atoms with Gasteiger partial charge < -0.3 is 4.98 Å². The van der Waals surface area contributed by atoms with E-state index in [1.807, 2.05) is 30.3 Å². The van der Waals surface area contributed by atoms with Gasteiger partial charge in [0.1, 0.15) is 17.3 Å². The summed E-state index contributed by atoms with van der Waals surface area (Å²) in [5, 5.41) is 1.48. The minimum absolute atomic E-state index is 0.167. The number of aromatic nitrogens is 3. The van der Waals surface area contributed by atoms with Gasteiger partial charge in [-0.3, -0.25) is 9.78 Å². The van der Waals surface area contributed by atoms with Crippen LogP contribution in [0.25, 0.3) is 33.1 Å². The number of hydrogen-bond donors (Lipinski definition) is 1. The number of carbonyl (C=O) groups is 1. The second-order valence-corrected chi connectivity index (χ2v) is 6.66. The molecule has 0 unspecified atom stereocenters. The first-order valence-electron chi connectivity index (χ1n) is 8.93. The lowest BCUT2D eigenvalue weighted by Crippen LogP contribution is -2.07. The molecule has 3 aromatic heterocycles. The fraction of sp³-hybridized carbons (Fsp3) is 0. The van der Waals surface area contributed by atoms with Crippen molar-refractivity contribution in [3.8, 4) is 11.1 Å². The lowest BCUT2D eigenvalue weighted by atomic mass is 10.00. The van der Waals surface area contributed by atoms with Crippen molar-refractivity contribution in [1.82, 2.24) is 15.0 Å². The quantitative estimate of drug-likeness (QED) is 0.430. The third kappa shape index (κ3) is 2.86. The Balaban J connectivity index is 1.64. The van der Waals surface area contributed by atoms with Gasteiger partial charge in [-0.15, -0.1) is 0 Å². The minimum atomic E-state index is -0.893. The number of nitrogens with one attached hydrogen (secondary N) is 1. The van der Waals surface area contributed by atoms with E-state index >= 15 is 0 Å². The van der Waals surface area contributed by atoms with Gasteiger partial charge in [0.25, 0.3) is 0 Å². The molecule has 1 N–H and O–H groups in total. The molecule has 5 rings (SSSR count). The molecule has 0 spiro atoms. The van der Waals surface area contributed by atoms with E-state index in [0.29, 0.717) is 11.0 Å². The Morgan fingerprint density at radius 1 is 0.897 bits per heavy atom. The summed E-state index contributed by atoms with van der Waals surface area (Å²) in [5.74, 6) is -2.51. The van der Waals surface area contributed by atoms with Crippen LogP contribution in [0.4, 0.5) is 8.78 Å². The average molecular weight is 385 g/mol. The second-order valence-electron chi connectivity index (χ2n) is 6.66. The predicted octanol–water partition coefficient (Wildman–Crippen LogP) is 5.29. The molecule has 0 aliphatic rings. The van der Waals surface area contributed by atoms with Crippen LogP contribution in [0, 0.1) is 11.6 Å². The Morgan fingerprint density at radius 3 is 2.55 bits per heavy atom. The number of pyridine rings is 2. The molecule has 3 heterocycles. The maximum atomic E-state index is 14.1. The highest BCUT2D eigenvalue weighted by molar-refractivity contribution is 6.16. The van der Waals surface area contributed by atoms with Gasteiger partial charge in [-0.1, -0.05) is 18.2 Å². The number of ketones is 1. The highest BCUT2D eigenvalue weighted by atomic mass is 19.1. The topological polar surface area (TPSA) is 58.6 Å². The molecule has 4 nitrogen and oxygen atoms in total. The molecule has 0 atom stereocenters. The van der Waals surface area contributed by atoms with Crippen LogP contribution in [-0.2, 0) is 0 Å². The Hall–Kier alpha value is -3.93. The Bertz CT molecular complexity index is 1390. The summed E-state index contributed by atoms with van der Waals surface area (Å²) in [6.07, 6.45) is 4.85. The number of fused-ring (bicyclic) bond motifs is 2. The van der Waals surface area contributed by atoms with Gasteiger partial charge in [-0.05, 0) is 42.0 Å². The van der Waals surface area contributed by atoms with Crippen molar-refractivity contribution in [3.05, 3.63) is 95.9 Å². The fourth-order valence-corrected chi connectivity index (χ4v) is 3.45.